The first kappa shape index (κ1) is 19.9. The summed E-state index contributed by atoms with van der Waals surface area (Å²) in [5.41, 5.74) is 4.42. The lowest BCUT2D eigenvalue weighted by atomic mass is 9.96. The Morgan fingerprint density at radius 2 is 1.52 bits per heavy atom. The van der Waals surface area contributed by atoms with Gasteiger partial charge in [-0.1, -0.05) is 71.9 Å². The Morgan fingerprint density at radius 3 is 2.00 bits per heavy atom. The first-order valence-corrected chi connectivity index (χ1v) is 8.73. The average molecular weight is 290 g/mol. The van der Waals surface area contributed by atoms with Crippen LogP contribution >= 0.6 is 0 Å². The van der Waals surface area contributed by atoms with Crippen LogP contribution in [0.5, 0.6) is 0 Å². The summed E-state index contributed by atoms with van der Waals surface area (Å²) < 4.78 is 0. The van der Waals surface area contributed by atoms with Crippen molar-refractivity contribution in [1.29, 1.82) is 0 Å². The monoisotopic (exact) mass is 289 g/mol. The van der Waals surface area contributed by atoms with Crippen molar-refractivity contribution >= 4 is 5.57 Å². The van der Waals surface area contributed by atoms with Gasteiger partial charge >= 0.3 is 0 Å². The second-order valence-corrected chi connectivity index (χ2v) is 4.89. The Hall–Kier alpha value is -1.08. The van der Waals surface area contributed by atoms with Gasteiger partial charge in [0.25, 0.3) is 0 Å². The van der Waals surface area contributed by atoms with Crippen LogP contribution in [-0.2, 0) is 0 Å². The van der Waals surface area contributed by atoms with E-state index in [-0.39, 0.29) is 0 Å². The molecule has 3 rings (SSSR count). The fourth-order valence-electron chi connectivity index (χ4n) is 3.05. The molecule has 2 aliphatic rings. The predicted molar refractivity (Wildman–Crippen MR) is 97.7 cm³/mol. The number of aryl methyl sites for hydroxylation is 1. The summed E-state index contributed by atoms with van der Waals surface area (Å²) in [7, 11) is 2.25. The van der Waals surface area contributed by atoms with Crippen molar-refractivity contribution in [3.8, 4) is 0 Å². The van der Waals surface area contributed by atoms with Gasteiger partial charge in [-0.05, 0) is 43.0 Å². The van der Waals surface area contributed by atoms with Crippen LogP contribution < -0.4 is 0 Å². The maximum absolute atomic E-state index is 2.49. The van der Waals surface area contributed by atoms with Crippen molar-refractivity contribution in [2.24, 2.45) is 5.92 Å². The smallest absolute Gasteiger partial charge is 0.0354 e. The number of hydrogen-bond donors (Lipinski definition) is 0. The molecule has 0 amide bonds. The van der Waals surface area contributed by atoms with Gasteiger partial charge in [0, 0.05) is 12.6 Å². The molecule has 1 aromatic rings. The second kappa shape index (κ2) is 10.6. The van der Waals surface area contributed by atoms with Crippen LogP contribution in [0.2, 0.25) is 0 Å². The molecule has 1 heterocycles. The summed E-state index contributed by atoms with van der Waals surface area (Å²) >= 11 is 0. The topological polar surface area (TPSA) is 3.24 Å². The molecule has 2 atom stereocenters. The molecule has 0 saturated carbocycles. The zero-order valence-electron chi connectivity index (χ0n) is 15.4. The zero-order valence-corrected chi connectivity index (χ0v) is 15.4. The van der Waals surface area contributed by atoms with E-state index in [1.807, 2.05) is 41.5 Å². The Morgan fingerprint density at radius 1 is 0.952 bits per heavy atom. The lowest BCUT2D eigenvalue weighted by Gasteiger charge is -2.25. The molecule has 1 saturated heterocycles. The molecule has 1 heteroatoms. The third-order valence-corrected chi connectivity index (χ3v) is 3.81. The minimum Gasteiger partial charge on any atom is -0.299 e. The van der Waals surface area contributed by atoms with Gasteiger partial charge < -0.3 is 0 Å². The lowest BCUT2D eigenvalue weighted by Crippen LogP contribution is -2.28. The van der Waals surface area contributed by atoms with E-state index < -0.39 is 0 Å². The largest absolute Gasteiger partial charge is 0.299 e. The maximum Gasteiger partial charge on any atom is 0.0354 e. The molecule has 1 aliphatic carbocycles. The summed E-state index contributed by atoms with van der Waals surface area (Å²) in [5.74, 6) is 0.801. The molecule has 1 aliphatic heterocycles. The lowest BCUT2D eigenvalue weighted by molar-refractivity contribution is 0.353. The quantitative estimate of drug-likeness (QED) is 0.632. The summed E-state index contributed by atoms with van der Waals surface area (Å²) in [4.78, 5) is 2.49. The molecule has 0 spiro atoms. The van der Waals surface area contributed by atoms with E-state index in [1.54, 1.807) is 5.57 Å². The number of likely N-dealkylation sites (N-methyl/N-ethyl adjacent to an activating group) is 1. The summed E-state index contributed by atoms with van der Waals surface area (Å²) in [6, 6.07) is 9.42. The van der Waals surface area contributed by atoms with E-state index >= 15 is 0 Å². The Labute approximate surface area is 133 Å². The highest BCUT2D eigenvalue weighted by molar-refractivity contribution is 5.75. The molecule has 1 nitrogen and oxygen atoms in total. The van der Waals surface area contributed by atoms with E-state index in [0.717, 1.165) is 5.92 Å². The number of nitrogens with zero attached hydrogens (tertiary/aromatic N) is 1. The van der Waals surface area contributed by atoms with Crippen molar-refractivity contribution in [1.82, 2.24) is 4.90 Å². The van der Waals surface area contributed by atoms with Crippen molar-refractivity contribution in [3.05, 3.63) is 41.5 Å². The van der Waals surface area contributed by atoms with Crippen LogP contribution in [0.1, 0.15) is 59.1 Å². The molecule has 120 valence electrons. The first-order valence-electron chi connectivity index (χ1n) is 8.73. The van der Waals surface area contributed by atoms with E-state index in [0.29, 0.717) is 6.04 Å². The molecule has 0 radical (unpaired) electrons. The number of fused-ring (bicyclic) bond motifs is 2. The van der Waals surface area contributed by atoms with Crippen LogP contribution in [0.15, 0.2) is 30.3 Å². The fraction of sp³-hybridized carbons (Fsp3) is 0.600. The van der Waals surface area contributed by atoms with Crippen LogP contribution in [-0.4, -0.2) is 24.5 Å². The van der Waals surface area contributed by atoms with Crippen molar-refractivity contribution in [2.75, 3.05) is 13.6 Å². The number of hydrogen-bond acceptors (Lipinski definition) is 1. The first-order chi connectivity index (χ1) is 10.3. The van der Waals surface area contributed by atoms with Crippen LogP contribution in [0.3, 0.4) is 0 Å². The minimum atomic E-state index is 0.677. The highest BCUT2D eigenvalue weighted by Gasteiger charge is 2.37. The Balaban J connectivity index is 0.000000598. The second-order valence-electron chi connectivity index (χ2n) is 4.89. The minimum absolute atomic E-state index is 0.677. The van der Waals surface area contributed by atoms with Gasteiger partial charge in [-0.25, -0.2) is 0 Å². The van der Waals surface area contributed by atoms with Crippen LogP contribution in [0.4, 0.5) is 0 Å². The average Bonchev–Trinajstić information content (AvgIpc) is 3.13. The van der Waals surface area contributed by atoms with E-state index in [9.17, 15) is 0 Å². The van der Waals surface area contributed by atoms with Crippen LogP contribution in [0.25, 0.3) is 5.57 Å². The molecule has 0 aromatic heterocycles. The zero-order chi connectivity index (χ0) is 16.4. The van der Waals surface area contributed by atoms with E-state index in [1.165, 1.54) is 24.1 Å². The van der Waals surface area contributed by atoms with Gasteiger partial charge in [0.15, 0.2) is 0 Å². The Kier molecular flexibility index (Phi) is 10.1. The van der Waals surface area contributed by atoms with Crippen molar-refractivity contribution in [3.63, 3.8) is 0 Å². The van der Waals surface area contributed by atoms with Crippen molar-refractivity contribution in [2.45, 2.75) is 60.9 Å². The highest BCUT2D eigenvalue weighted by Crippen LogP contribution is 2.41. The third kappa shape index (κ3) is 4.71. The van der Waals surface area contributed by atoms with Crippen LogP contribution in [0, 0.1) is 12.8 Å². The SMILES string of the molecule is CC.CC.CC.Cc1ccccc1C1=CC2CC1N(C)C2. The van der Waals surface area contributed by atoms with Gasteiger partial charge in [-0.2, -0.15) is 0 Å². The standard InChI is InChI=1S/C14H17N.3C2H6/c1-10-5-3-4-6-12(10)13-7-11-8-14(13)15(2)9-11;3*1-2/h3-7,11,14H,8-9H2,1-2H3;3*1-2H3. The van der Waals surface area contributed by atoms with Gasteiger partial charge in [0.05, 0.1) is 0 Å². The highest BCUT2D eigenvalue weighted by atomic mass is 15.2. The number of benzene rings is 1. The number of likely N-dealkylation sites (tertiary alicyclic amines) is 1. The summed E-state index contributed by atoms with van der Waals surface area (Å²) in [6.45, 7) is 15.5. The van der Waals surface area contributed by atoms with Gasteiger partial charge in [0.2, 0.25) is 0 Å². The van der Waals surface area contributed by atoms with E-state index in [4.69, 9.17) is 0 Å². The predicted octanol–water partition coefficient (Wildman–Crippen LogP) is 5.79. The van der Waals surface area contributed by atoms with E-state index in [2.05, 4.69) is 49.2 Å². The summed E-state index contributed by atoms with van der Waals surface area (Å²) in [5, 5.41) is 0. The normalized spacial score (nSPS) is 22.0. The van der Waals surface area contributed by atoms with Crippen molar-refractivity contribution < 1.29 is 0 Å². The molecule has 0 N–H and O–H groups in total. The van der Waals surface area contributed by atoms with Gasteiger partial charge in [0.1, 0.15) is 0 Å². The molecule has 21 heavy (non-hydrogen) atoms. The molecule has 2 unspecified atom stereocenters. The molecule has 2 bridgehead atoms. The number of rotatable bonds is 1. The molecular formula is C20H35N. The fourth-order valence-corrected chi connectivity index (χ4v) is 3.05. The third-order valence-electron chi connectivity index (χ3n) is 3.81. The molecule has 1 fully saturated rings. The van der Waals surface area contributed by atoms with Gasteiger partial charge in [-0.3, -0.25) is 4.90 Å². The molecule has 1 aromatic carbocycles. The maximum atomic E-state index is 2.49. The van der Waals surface area contributed by atoms with Gasteiger partial charge in [-0.15, -0.1) is 0 Å². The molecular weight excluding hydrogens is 254 g/mol. The summed E-state index contributed by atoms with van der Waals surface area (Å²) in [6.07, 6.45) is 3.83. The Bertz CT molecular complexity index is 420.